The molecule has 1 aromatic rings. The molecule has 0 atom stereocenters. The molecule has 1 heterocycles. The minimum absolute atomic E-state index is 0.0735. The maximum Gasteiger partial charge on any atom is 0.314 e. The van der Waals surface area contributed by atoms with Crippen LogP contribution in [0, 0.1) is 0 Å². The first-order valence-electron chi connectivity index (χ1n) is 8.31. The predicted octanol–water partition coefficient (Wildman–Crippen LogP) is 1.72. The largest absolute Gasteiger partial charge is 0.493 e. The molecular weight excluding hydrogens is 322 g/mol. The third kappa shape index (κ3) is 5.14. The lowest BCUT2D eigenvalue weighted by Crippen LogP contribution is -2.40. The zero-order chi connectivity index (χ0) is 18.2. The number of hydrogen-bond donors (Lipinski definition) is 1. The average Bonchev–Trinajstić information content (AvgIpc) is 2.86. The number of benzene rings is 1. The number of hydrogen-bond acceptors (Lipinski definition) is 4. The van der Waals surface area contributed by atoms with E-state index < -0.39 is 6.03 Å². The minimum Gasteiger partial charge on any atom is -0.493 e. The molecule has 0 aliphatic carbocycles. The molecule has 0 unspecified atom stereocenters. The van der Waals surface area contributed by atoms with Crippen molar-refractivity contribution in [2.45, 2.75) is 13.3 Å². The smallest absolute Gasteiger partial charge is 0.314 e. The lowest BCUT2D eigenvalue weighted by atomic mass is 10.2. The van der Waals surface area contributed by atoms with Gasteiger partial charge in [-0.1, -0.05) is 18.2 Å². The molecule has 1 aromatic carbocycles. The van der Waals surface area contributed by atoms with Crippen LogP contribution in [0.2, 0.25) is 0 Å². The molecular formula is C18H25N3O4. The van der Waals surface area contributed by atoms with E-state index in [9.17, 15) is 9.59 Å². The van der Waals surface area contributed by atoms with E-state index in [4.69, 9.17) is 15.2 Å². The number of carbonyl (C=O) groups is 2. The summed E-state index contributed by atoms with van der Waals surface area (Å²) >= 11 is 0. The topological polar surface area (TPSA) is 85.1 Å². The van der Waals surface area contributed by atoms with Crippen LogP contribution in [0.5, 0.6) is 11.5 Å². The van der Waals surface area contributed by atoms with Crippen molar-refractivity contribution in [2.75, 3.05) is 39.9 Å². The van der Waals surface area contributed by atoms with Crippen molar-refractivity contribution in [3.05, 3.63) is 29.8 Å². The first-order chi connectivity index (χ1) is 12.0. The highest BCUT2D eigenvalue weighted by molar-refractivity contribution is 5.78. The summed E-state index contributed by atoms with van der Waals surface area (Å²) in [5.74, 6) is 0.989. The number of urea groups is 1. The minimum atomic E-state index is -0.448. The van der Waals surface area contributed by atoms with Crippen LogP contribution >= 0.6 is 0 Å². The van der Waals surface area contributed by atoms with E-state index in [-0.39, 0.29) is 12.5 Å². The quantitative estimate of drug-likeness (QED) is 0.879. The Kier molecular flexibility index (Phi) is 6.68. The Morgan fingerprint density at radius 1 is 1.16 bits per heavy atom. The number of carbonyl (C=O) groups excluding carboxylic acids is 2. The van der Waals surface area contributed by atoms with Gasteiger partial charge in [0.25, 0.3) is 5.91 Å². The third-order valence-electron chi connectivity index (χ3n) is 4.06. The second kappa shape index (κ2) is 8.96. The molecule has 1 aliphatic heterocycles. The summed E-state index contributed by atoms with van der Waals surface area (Å²) in [6.45, 7) is 3.93. The van der Waals surface area contributed by atoms with Gasteiger partial charge >= 0.3 is 6.03 Å². The highest BCUT2D eigenvalue weighted by Crippen LogP contribution is 2.28. The molecule has 0 spiro atoms. The molecule has 0 bridgehead atoms. The molecule has 2 N–H and O–H groups in total. The number of ether oxygens (including phenoxy) is 2. The van der Waals surface area contributed by atoms with Crippen LogP contribution in [0.25, 0.3) is 6.08 Å². The maximum atomic E-state index is 12.4. The Labute approximate surface area is 148 Å². The first-order valence-corrected chi connectivity index (χ1v) is 8.31. The van der Waals surface area contributed by atoms with E-state index in [1.54, 1.807) is 23.0 Å². The van der Waals surface area contributed by atoms with Crippen LogP contribution in [-0.2, 0) is 4.79 Å². The molecule has 1 saturated heterocycles. The first kappa shape index (κ1) is 18.6. The second-order valence-electron chi connectivity index (χ2n) is 5.76. The van der Waals surface area contributed by atoms with Gasteiger partial charge in [-0.05, 0) is 31.0 Å². The Hall–Kier alpha value is -2.70. The summed E-state index contributed by atoms with van der Waals surface area (Å²) in [7, 11) is 1.57. The fraction of sp³-hybridized carbons (Fsp3) is 0.444. The molecule has 1 fully saturated rings. The van der Waals surface area contributed by atoms with Crippen LogP contribution in [0.4, 0.5) is 4.79 Å². The zero-order valence-corrected chi connectivity index (χ0v) is 14.7. The predicted molar refractivity (Wildman–Crippen MR) is 95.6 cm³/mol. The van der Waals surface area contributed by atoms with Crippen molar-refractivity contribution in [3.63, 3.8) is 0 Å². The number of nitrogens with two attached hydrogens (primary N) is 1. The molecule has 7 nitrogen and oxygen atoms in total. The monoisotopic (exact) mass is 347 g/mol. The van der Waals surface area contributed by atoms with Gasteiger partial charge in [-0.25, -0.2) is 4.79 Å². The highest BCUT2D eigenvalue weighted by Gasteiger charge is 2.21. The van der Waals surface area contributed by atoms with Crippen LogP contribution < -0.4 is 15.2 Å². The van der Waals surface area contributed by atoms with Crippen LogP contribution in [-0.4, -0.2) is 61.6 Å². The summed E-state index contributed by atoms with van der Waals surface area (Å²) in [5, 5.41) is 0. The van der Waals surface area contributed by atoms with Crippen molar-refractivity contribution < 1.29 is 19.1 Å². The summed E-state index contributed by atoms with van der Waals surface area (Å²) in [6.07, 6.45) is 4.60. The summed E-state index contributed by atoms with van der Waals surface area (Å²) in [4.78, 5) is 26.9. The van der Waals surface area contributed by atoms with Gasteiger partial charge in [-0.2, -0.15) is 0 Å². The normalized spacial score (nSPS) is 15.1. The second-order valence-corrected chi connectivity index (χ2v) is 5.76. The standard InChI is InChI=1S/C18H25N3O4/c1-3-5-14-6-7-15(16(12-14)24-2)25-13-17(22)20-8-4-9-21(11-10-20)18(19)23/h3,5-7,12H,4,8-11,13H2,1-2H3,(H2,19,23)/b5-3+. The van der Waals surface area contributed by atoms with E-state index in [2.05, 4.69) is 0 Å². The summed E-state index contributed by atoms with van der Waals surface area (Å²) in [6, 6.07) is 5.10. The van der Waals surface area contributed by atoms with Gasteiger partial charge in [-0.15, -0.1) is 0 Å². The zero-order valence-electron chi connectivity index (χ0n) is 14.7. The van der Waals surface area contributed by atoms with Gasteiger partial charge in [0, 0.05) is 26.2 Å². The van der Waals surface area contributed by atoms with Crippen molar-refractivity contribution in [3.8, 4) is 11.5 Å². The van der Waals surface area contributed by atoms with E-state index in [1.165, 1.54) is 0 Å². The summed E-state index contributed by atoms with van der Waals surface area (Å²) in [5.41, 5.74) is 6.30. The highest BCUT2D eigenvalue weighted by atomic mass is 16.5. The molecule has 1 aliphatic rings. The van der Waals surface area contributed by atoms with Gasteiger partial charge in [0.1, 0.15) is 0 Å². The number of primary amides is 1. The fourth-order valence-corrected chi connectivity index (χ4v) is 2.72. The van der Waals surface area contributed by atoms with Gasteiger partial charge in [0.15, 0.2) is 18.1 Å². The van der Waals surface area contributed by atoms with E-state index in [0.717, 1.165) is 5.56 Å². The van der Waals surface area contributed by atoms with Gasteiger partial charge in [0.2, 0.25) is 0 Å². The molecule has 0 saturated carbocycles. The van der Waals surface area contributed by atoms with E-state index in [0.29, 0.717) is 44.1 Å². The Morgan fingerprint density at radius 3 is 2.56 bits per heavy atom. The Bertz CT molecular complexity index is 645. The molecule has 25 heavy (non-hydrogen) atoms. The van der Waals surface area contributed by atoms with Crippen LogP contribution in [0.1, 0.15) is 18.9 Å². The van der Waals surface area contributed by atoms with Crippen molar-refractivity contribution in [2.24, 2.45) is 5.73 Å². The van der Waals surface area contributed by atoms with E-state index >= 15 is 0 Å². The van der Waals surface area contributed by atoms with Gasteiger partial charge in [-0.3, -0.25) is 4.79 Å². The molecule has 3 amide bonds. The SMILES string of the molecule is C/C=C/c1ccc(OCC(=O)N2CCCN(C(N)=O)CC2)c(OC)c1. The fourth-order valence-electron chi connectivity index (χ4n) is 2.72. The van der Waals surface area contributed by atoms with Crippen LogP contribution in [0.3, 0.4) is 0 Å². The van der Waals surface area contributed by atoms with Crippen LogP contribution in [0.15, 0.2) is 24.3 Å². The van der Waals surface area contributed by atoms with Crippen molar-refractivity contribution >= 4 is 18.0 Å². The van der Waals surface area contributed by atoms with E-state index in [1.807, 2.05) is 31.2 Å². The number of allylic oxidation sites excluding steroid dienone is 1. The number of nitrogens with zero attached hydrogens (tertiary/aromatic N) is 2. The Morgan fingerprint density at radius 2 is 1.88 bits per heavy atom. The maximum absolute atomic E-state index is 12.4. The molecule has 0 radical (unpaired) electrons. The van der Waals surface area contributed by atoms with Gasteiger partial charge in [0.05, 0.1) is 7.11 Å². The Balaban J connectivity index is 1.94. The van der Waals surface area contributed by atoms with Gasteiger partial charge < -0.3 is 25.0 Å². The number of rotatable bonds is 5. The van der Waals surface area contributed by atoms with Crippen molar-refractivity contribution in [1.29, 1.82) is 0 Å². The molecule has 7 heteroatoms. The molecule has 0 aromatic heterocycles. The molecule has 2 rings (SSSR count). The lowest BCUT2D eigenvalue weighted by molar-refractivity contribution is -0.133. The summed E-state index contributed by atoms with van der Waals surface area (Å²) < 4.78 is 11.0. The van der Waals surface area contributed by atoms with Crippen molar-refractivity contribution in [1.82, 2.24) is 9.80 Å². The lowest BCUT2D eigenvalue weighted by Gasteiger charge is -2.21. The third-order valence-corrected chi connectivity index (χ3v) is 4.06. The number of amides is 3. The molecule has 136 valence electrons. The average molecular weight is 347 g/mol. The number of methoxy groups -OCH3 is 1.